The van der Waals surface area contributed by atoms with E-state index in [4.69, 9.17) is 15.4 Å². The van der Waals surface area contributed by atoms with Crippen LogP contribution in [0.2, 0.25) is 0 Å². The van der Waals surface area contributed by atoms with Crippen LogP contribution in [0.15, 0.2) is 29.2 Å². The molecule has 8 nitrogen and oxygen atoms in total. The second-order valence-electron chi connectivity index (χ2n) is 3.62. The first kappa shape index (κ1) is 15.1. The van der Waals surface area contributed by atoms with Gasteiger partial charge in [-0.3, -0.25) is 4.79 Å². The van der Waals surface area contributed by atoms with Gasteiger partial charge in [0, 0.05) is 5.56 Å². The summed E-state index contributed by atoms with van der Waals surface area (Å²) in [6, 6.07) is 3.19. The summed E-state index contributed by atoms with van der Waals surface area (Å²) in [4.78, 5) is 22.1. The van der Waals surface area contributed by atoms with Crippen LogP contribution in [0, 0.1) is 0 Å². The van der Waals surface area contributed by atoms with E-state index in [0.717, 1.165) is 12.1 Å². The molecule has 0 spiro atoms. The largest absolute Gasteiger partial charge is 0.480 e. The summed E-state index contributed by atoms with van der Waals surface area (Å²) in [6.07, 6.45) is 0. The standard InChI is InChI=1S/C10H12N2O6S/c11-19(17,18)7-3-1-6(2-4-7)9(14)12-8(5-13)10(15)16/h1-4,8,13H,5H2,(H,12,14)(H,15,16)(H2,11,17,18). The normalized spacial score (nSPS) is 12.7. The minimum atomic E-state index is -3.85. The third kappa shape index (κ3) is 4.02. The Bertz CT molecular complexity index is 581. The minimum Gasteiger partial charge on any atom is -0.480 e. The maximum Gasteiger partial charge on any atom is 0.328 e. The molecular weight excluding hydrogens is 276 g/mol. The number of sulfonamides is 1. The molecule has 1 aromatic carbocycles. The number of hydrogen-bond donors (Lipinski definition) is 4. The van der Waals surface area contributed by atoms with E-state index in [9.17, 15) is 18.0 Å². The second kappa shape index (κ2) is 5.78. The number of rotatable bonds is 5. The predicted octanol–water partition coefficient (Wildman–Crippen LogP) is -1.49. The average molecular weight is 288 g/mol. The highest BCUT2D eigenvalue weighted by Crippen LogP contribution is 2.08. The maximum absolute atomic E-state index is 11.6. The van der Waals surface area contributed by atoms with Gasteiger partial charge in [-0.25, -0.2) is 18.4 Å². The quantitative estimate of drug-likeness (QED) is 0.519. The highest BCUT2D eigenvalue weighted by molar-refractivity contribution is 7.89. The molecule has 0 saturated heterocycles. The molecule has 0 aliphatic heterocycles. The van der Waals surface area contributed by atoms with Gasteiger partial charge >= 0.3 is 5.97 Å². The predicted molar refractivity (Wildman–Crippen MR) is 63.8 cm³/mol. The third-order valence-corrected chi connectivity index (χ3v) is 3.16. The van der Waals surface area contributed by atoms with Crippen molar-refractivity contribution in [1.82, 2.24) is 5.32 Å². The Balaban J connectivity index is 2.87. The molecule has 0 aromatic heterocycles. The van der Waals surface area contributed by atoms with Crippen LogP contribution in [0.3, 0.4) is 0 Å². The zero-order chi connectivity index (χ0) is 14.6. The van der Waals surface area contributed by atoms with Gasteiger partial charge in [-0.15, -0.1) is 0 Å². The van der Waals surface area contributed by atoms with Crippen molar-refractivity contribution < 1.29 is 28.2 Å². The van der Waals surface area contributed by atoms with Crippen molar-refractivity contribution in [2.24, 2.45) is 5.14 Å². The van der Waals surface area contributed by atoms with E-state index < -0.39 is 34.5 Å². The van der Waals surface area contributed by atoms with Gasteiger partial charge in [0.2, 0.25) is 10.0 Å². The molecule has 1 aromatic rings. The molecule has 0 bridgehead atoms. The van der Waals surface area contributed by atoms with Crippen LogP contribution in [-0.4, -0.2) is 43.2 Å². The van der Waals surface area contributed by atoms with Gasteiger partial charge in [-0.2, -0.15) is 0 Å². The van der Waals surface area contributed by atoms with Gasteiger partial charge in [0.15, 0.2) is 6.04 Å². The molecule has 0 heterocycles. The number of carbonyl (C=O) groups is 2. The Labute approximate surface area is 108 Å². The van der Waals surface area contributed by atoms with E-state index in [-0.39, 0.29) is 10.5 Å². The molecule has 0 radical (unpaired) electrons. The monoisotopic (exact) mass is 288 g/mol. The van der Waals surface area contributed by atoms with Crippen molar-refractivity contribution in [3.63, 3.8) is 0 Å². The van der Waals surface area contributed by atoms with Crippen molar-refractivity contribution >= 4 is 21.9 Å². The molecule has 0 aliphatic carbocycles. The fourth-order valence-electron chi connectivity index (χ4n) is 1.22. The summed E-state index contributed by atoms with van der Waals surface area (Å²) in [5, 5.41) is 24.4. The van der Waals surface area contributed by atoms with Crippen LogP contribution in [0.1, 0.15) is 10.4 Å². The molecule has 1 unspecified atom stereocenters. The highest BCUT2D eigenvalue weighted by atomic mass is 32.2. The lowest BCUT2D eigenvalue weighted by molar-refractivity contribution is -0.140. The van der Waals surface area contributed by atoms with Gasteiger partial charge in [-0.1, -0.05) is 0 Å². The van der Waals surface area contributed by atoms with Gasteiger partial charge in [0.1, 0.15) is 0 Å². The average Bonchev–Trinajstić information content (AvgIpc) is 2.34. The number of nitrogens with two attached hydrogens (primary N) is 1. The molecule has 0 fully saturated rings. The minimum absolute atomic E-state index is 0.0482. The van der Waals surface area contributed by atoms with Crippen LogP contribution in [0.4, 0.5) is 0 Å². The Morgan fingerprint density at radius 3 is 2.16 bits per heavy atom. The van der Waals surface area contributed by atoms with Gasteiger partial charge in [0.25, 0.3) is 5.91 Å². The summed E-state index contributed by atoms with van der Waals surface area (Å²) < 4.78 is 22.0. The molecule has 1 rings (SSSR count). The van der Waals surface area contributed by atoms with Crippen molar-refractivity contribution in [3.8, 4) is 0 Å². The van der Waals surface area contributed by atoms with E-state index >= 15 is 0 Å². The van der Waals surface area contributed by atoms with Crippen molar-refractivity contribution in [1.29, 1.82) is 0 Å². The third-order valence-electron chi connectivity index (χ3n) is 2.23. The number of aliphatic hydroxyl groups excluding tert-OH is 1. The molecular formula is C10H12N2O6S. The summed E-state index contributed by atoms with van der Waals surface area (Å²) in [7, 11) is -3.85. The van der Waals surface area contributed by atoms with Crippen LogP contribution in [0.25, 0.3) is 0 Å². The lowest BCUT2D eigenvalue weighted by atomic mass is 10.2. The number of carboxylic acid groups (broad SMARTS) is 1. The smallest absolute Gasteiger partial charge is 0.328 e. The number of nitrogens with one attached hydrogen (secondary N) is 1. The Morgan fingerprint density at radius 2 is 1.79 bits per heavy atom. The van der Waals surface area contributed by atoms with Crippen LogP contribution in [-0.2, 0) is 14.8 Å². The summed E-state index contributed by atoms with van der Waals surface area (Å²) in [5.41, 5.74) is 0.0482. The molecule has 19 heavy (non-hydrogen) atoms. The van der Waals surface area contributed by atoms with E-state index in [2.05, 4.69) is 5.32 Å². The Kier molecular flexibility index (Phi) is 4.59. The van der Waals surface area contributed by atoms with Gasteiger partial charge in [0.05, 0.1) is 11.5 Å². The molecule has 9 heteroatoms. The van der Waals surface area contributed by atoms with E-state index in [1.165, 1.54) is 12.1 Å². The lowest BCUT2D eigenvalue weighted by Crippen LogP contribution is -2.43. The van der Waals surface area contributed by atoms with Crippen LogP contribution < -0.4 is 10.5 Å². The lowest BCUT2D eigenvalue weighted by Gasteiger charge is -2.11. The number of aliphatic carboxylic acids is 1. The zero-order valence-corrected chi connectivity index (χ0v) is 10.4. The van der Waals surface area contributed by atoms with Crippen LogP contribution in [0.5, 0.6) is 0 Å². The molecule has 104 valence electrons. The van der Waals surface area contributed by atoms with Crippen molar-refractivity contribution in [2.45, 2.75) is 10.9 Å². The number of aliphatic hydroxyl groups is 1. The molecule has 5 N–H and O–H groups in total. The molecule has 1 atom stereocenters. The van der Waals surface area contributed by atoms with Gasteiger partial charge in [-0.05, 0) is 24.3 Å². The first-order chi connectivity index (χ1) is 8.75. The molecule has 0 aliphatic rings. The number of benzene rings is 1. The number of carboxylic acids is 1. The number of amides is 1. The van der Waals surface area contributed by atoms with E-state index in [0.29, 0.717) is 0 Å². The molecule has 1 amide bonds. The number of carbonyl (C=O) groups excluding carboxylic acids is 1. The zero-order valence-electron chi connectivity index (χ0n) is 9.61. The number of hydrogen-bond acceptors (Lipinski definition) is 5. The van der Waals surface area contributed by atoms with Crippen molar-refractivity contribution in [3.05, 3.63) is 29.8 Å². The first-order valence-electron chi connectivity index (χ1n) is 5.03. The summed E-state index contributed by atoms with van der Waals surface area (Å²) in [5.74, 6) is -2.13. The Hall–Kier alpha value is -1.97. The van der Waals surface area contributed by atoms with Gasteiger partial charge < -0.3 is 15.5 Å². The second-order valence-corrected chi connectivity index (χ2v) is 5.18. The number of primary sulfonamides is 1. The Morgan fingerprint density at radius 1 is 1.26 bits per heavy atom. The topological polar surface area (TPSA) is 147 Å². The van der Waals surface area contributed by atoms with Crippen LogP contribution >= 0.6 is 0 Å². The maximum atomic E-state index is 11.6. The fraction of sp³-hybridized carbons (Fsp3) is 0.200. The molecule has 0 saturated carbocycles. The fourth-order valence-corrected chi connectivity index (χ4v) is 1.74. The first-order valence-corrected chi connectivity index (χ1v) is 6.57. The summed E-state index contributed by atoms with van der Waals surface area (Å²) in [6.45, 7) is -0.754. The van der Waals surface area contributed by atoms with Crippen molar-refractivity contribution in [2.75, 3.05) is 6.61 Å². The van der Waals surface area contributed by atoms with E-state index in [1.807, 2.05) is 0 Å². The van der Waals surface area contributed by atoms with E-state index in [1.54, 1.807) is 0 Å². The SMILES string of the molecule is NS(=O)(=O)c1ccc(C(=O)NC(CO)C(=O)O)cc1. The summed E-state index contributed by atoms with van der Waals surface area (Å²) >= 11 is 0. The highest BCUT2D eigenvalue weighted by Gasteiger charge is 2.19.